The Kier molecular flexibility index (Phi) is 4.95. The minimum absolute atomic E-state index is 0.348. The topological polar surface area (TPSA) is 84.7 Å². The lowest BCUT2D eigenvalue weighted by Crippen LogP contribution is -2.19. The number of carbonyl (C=O) groups is 1. The van der Waals surface area contributed by atoms with E-state index >= 15 is 0 Å². The van der Waals surface area contributed by atoms with Gasteiger partial charge in [0.2, 0.25) is 11.1 Å². The van der Waals surface area contributed by atoms with Crippen LogP contribution in [0.1, 0.15) is 42.3 Å². The molecular weight excluding hydrogens is 315 g/mol. The molecule has 1 atom stereocenters. The maximum absolute atomic E-state index is 13.0. The molecule has 0 unspecified atom stereocenters. The normalized spacial score (nSPS) is 16.6. The summed E-state index contributed by atoms with van der Waals surface area (Å²) >= 11 is 1.18. The first-order valence-electron chi connectivity index (χ1n) is 7.74. The summed E-state index contributed by atoms with van der Waals surface area (Å²) in [7, 11) is 0. The molecule has 1 heterocycles. The number of halogens is 1. The summed E-state index contributed by atoms with van der Waals surface area (Å²) < 4.78 is 13.0. The van der Waals surface area contributed by atoms with Crippen LogP contribution in [0.2, 0.25) is 0 Å². The number of hydrogen-bond donors (Lipinski definition) is 2. The van der Waals surface area contributed by atoms with Crippen LogP contribution >= 0.6 is 11.8 Å². The highest BCUT2D eigenvalue weighted by atomic mass is 32.2. The van der Waals surface area contributed by atoms with Gasteiger partial charge in [-0.05, 0) is 23.6 Å². The largest absolute Gasteiger partial charge is 0.368 e. The van der Waals surface area contributed by atoms with Gasteiger partial charge < -0.3 is 5.73 Å². The van der Waals surface area contributed by atoms with E-state index < -0.39 is 11.2 Å². The molecule has 3 rings (SSSR count). The smallest absolute Gasteiger partial charge is 0.235 e. The third-order valence-corrected chi connectivity index (χ3v) is 5.26. The molecule has 3 N–H and O–H groups in total. The molecule has 2 aromatic rings. The molecule has 122 valence electrons. The van der Waals surface area contributed by atoms with Crippen molar-refractivity contribution in [3.05, 3.63) is 41.5 Å². The predicted octanol–water partition coefficient (Wildman–Crippen LogP) is 3.00. The molecule has 1 fully saturated rings. The first kappa shape index (κ1) is 16.0. The lowest BCUT2D eigenvalue weighted by atomic mass is 10.0. The fourth-order valence-electron chi connectivity index (χ4n) is 2.94. The standard InChI is InChI=1S/C16H19FN4OS/c17-12-7-5-11(6-8-12)14(15(18)22)23-16-19-13(20-21-16)9-10-3-1-2-4-10/h5-8,10,14H,1-4,9H2,(H2,18,22)(H,19,20,21)/t14-/m0/s1. The number of thioether (sulfide) groups is 1. The third-order valence-electron chi connectivity index (χ3n) is 4.12. The summed E-state index contributed by atoms with van der Waals surface area (Å²) in [6, 6.07) is 5.75. The van der Waals surface area contributed by atoms with E-state index in [1.54, 1.807) is 12.1 Å². The zero-order valence-electron chi connectivity index (χ0n) is 12.7. The molecule has 0 bridgehead atoms. The number of amides is 1. The Hall–Kier alpha value is -1.89. The van der Waals surface area contributed by atoms with Gasteiger partial charge >= 0.3 is 0 Å². The summed E-state index contributed by atoms with van der Waals surface area (Å²) in [5.74, 6) is 0.675. The molecule has 1 amide bonds. The second-order valence-corrected chi connectivity index (χ2v) is 6.94. The highest BCUT2D eigenvalue weighted by Crippen LogP contribution is 2.33. The quantitative estimate of drug-likeness (QED) is 0.795. The van der Waals surface area contributed by atoms with Crippen molar-refractivity contribution in [1.29, 1.82) is 0 Å². The summed E-state index contributed by atoms with van der Waals surface area (Å²) in [5, 5.41) is 6.97. The van der Waals surface area contributed by atoms with E-state index in [0.717, 1.165) is 12.2 Å². The molecule has 1 aliphatic carbocycles. The minimum atomic E-state index is -0.634. The van der Waals surface area contributed by atoms with Gasteiger partial charge in [0.15, 0.2) is 0 Å². The van der Waals surface area contributed by atoms with Gasteiger partial charge in [0.1, 0.15) is 16.9 Å². The number of primary amides is 1. The molecule has 1 aromatic heterocycles. The number of rotatable bonds is 6. The number of benzene rings is 1. The molecule has 1 aliphatic rings. The highest BCUT2D eigenvalue weighted by molar-refractivity contribution is 8.00. The van der Waals surface area contributed by atoms with Gasteiger partial charge in [0.25, 0.3) is 0 Å². The lowest BCUT2D eigenvalue weighted by Gasteiger charge is -2.11. The van der Waals surface area contributed by atoms with Crippen LogP contribution in [0.5, 0.6) is 0 Å². The van der Waals surface area contributed by atoms with E-state index in [1.807, 2.05) is 0 Å². The van der Waals surface area contributed by atoms with E-state index in [0.29, 0.717) is 16.6 Å². The Morgan fingerprint density at radius 2 is 2.04 bits per heavy atom. The summed E-state index contributed by atoms with van der Waals surface area (Å²) in [6.07, 6.45) is 5.94. The van der Waals surface area contributed by atoms with Crippen LogP contribution in [0.25, 0.3) is 0 Å². The lowest BCUT2D eigenvalue weighted by molar-refractivity contribution is -0.117. The van der Waals surface area contributed by atoms with Crippen LogP contribution in [0.15, 0.2) is 29.4 Å². The zero-order chi connectivity index (χ0) is 16.2. The van der Waals surface area contributed by atoms with Crippen molar-refractivity contribution in [1.82, 2.24) is 15.2 Å². The molecule has 5 nitrogen and oxygen atoms in total. The number of nitrogens with two attached hydrogens (primary N) is 1. The molecule has 7 heteroatoms. The van der Waals surface area contributed by atoms with Crippen molar-refractivity contribution < 1.29 is 9.18 Å². The Labute approximate surface area is 138 Å². The van der Waals surface area contributed by atoms with Crippen molar-refractivity contribution in [3.8, 4) is 0 Å². The van der Waals surface area contributed by atoms with Crippen molar-refractivity contribution in [2.45, 2.75) is 42.5 Å². The Balaban J connectivity index is 1.69. The zero-order valence-corrected chi connectivity index (χ0v) is 13.5. The Morgan fingerprint density at radius 1 is 1.35 bits per heavy atom. The average molecular weight is 334 g/mol. The maximum atomic E-state index is 13.0. The molecule has 23 heavy (non-hydrogen) atoms. The van der Waals surface area contributed by atoms with Gasteiger partial charge in [0.05, 0.1) is 0 Å². The molecule has 0 saturated heterocycles. The van der Waals surface area contributed by atoms with Gasteiger partial charge in [-0.2, -0.15) is 0 Å². The number of carbonyl (C=O) groups excluding carboxylic acids is 1. The van der Waals surface area contributed by atoms with Crippen LogP contribution in [-0.2, 0) is 11.2 Å². The van der Waals surface area contributed by atoms with E-state index in [2.05, 4.69) is 15.2 Å². The van der Waals surface area contributed by atoms with Gasteiger partial charge in [0, 0.05) is 6.42 Å². The highest BCUT2D eigenvalue weighted by Gasteiger charge is 2.23. The van der Waals surface area contributed by atoms with Crippen molar-refractivity contribution >= 4 is 17.7 Å². The molecule has 1 saturated carbocycles. The first-order chi connectivity index (χ1) is 11.1. The van der Waals surface area contributed by atoms with Crippen LogP contribution in [-0.4, -0.2) is 21.1 Å². The minimum Gasteiger partial charge on any atom is -0.368 e. The SMILES string of the molecule is NC(=O)[C@@H](Sc1n[nH]c(CC2CCCC2)n1)c1ccc(F)cc1. The van der Waals surface area contributed by atoms with E-state index in [-0.39, 0.29) is 5.82 Å². The van der Waals surface area contributed by atoms with E-state index in [1.165, 1.54) is 49.6 Å². The number of H-pyrrole nitrogens is 1. The number of hydrogen-bond acceptors (Lipinski definition) is 4. The van der Waals surface area contributed by atoms with E-state index in [9.17, 15) is 9.18 Å². The third kappa shape index (κ3) is 4.10. The number of nitrogens with one attached hydrogen (secondary N) is 1. The van der Waals surface area contributed by atoms with Gasteiger partial charge in [-0.15, -0.1) is 5.10 Å². The first-order valence-corrected chi connectivity index (χ1v) is 8.62. The molecule has 0 radical (unpaired) electrons. The van der Waals surface area contributed by atoms with Crippen molar-refractivity contribution in [2.75, 3.05) is 0 Å². The van der Waals surface area contributed by atoms with Crippen LogP contribution in [0.3, 0.4) is 0 Å². The summed E-state index contributed by atoms with van der Waals surface area (Å²) in [5.41, 5.74) is 6.12. The van der Waals surface area contributed by atoms with Crippen molar-refractivity contribution in [3.63, 3.8) is 0 Å². The van der Waals surface area contributed by atoms with E-state index in [4.69, 9.17) is 5.73 Å². The molecule has 0 aliphatic heterocycles. The van der Waals surface area contributed by atoms with Gasteiger partial charge in [-0.1, -0.05) is 49.6 Å². The number of nitrogens with zero attached hydrogens (tertiary/aromatic N) is 2. The molecule has 0 spiro atoms. The molecular formula is C16H19FN4OS. The Bertz CT molecular complexity index is 667. The second-order valence-electron chi connectivity index (χ2n) is 5.87. The summed E-state index contributed by atoms with van der Waals surface area (Å²) in [6.45, 7) is 0. The van der Waals surface area contributed by atoms with Crippen LogP contribution in [0, 0.1) is 11.7 Å². The van der Waals surface area contributed by atoms with Gasteiger partial charge in [-0.25, -0.2) is 9.37 Å². The van der Waals surface area contributed by atoms with Crippen LogP contribution < -0.4 is 5.73 Å². The van der Waals surface area contributed by atoms with Crippen LogP contribution in [0.4, 0.5) is 4.39 Å². The fraction of sp³-hybridized carbons (Fsp3) is 0.438. The number of aromatic amines is 1. The molecule has 1 aromatic carbocycles. The fourth-order valence-corrected chi connectivity index (χ4v) is 3.82. The Morgan fingerprint density at radius 3 is 2.70 bits per heavy atom. The number of aromatic nitrogens is 3. The maximum Gasteiger partial charge on any atom is 0.235 e. The average Bonchev–Trinajstić information content (AvgIpc) is 3.18. The monoisotopic (exact) mass is 334 g/mol. The van der Waals surface area contributed by atoms with Gasteiger partial charge in [-0.3, -0.25) is 9.89 Å². The summed E-state index contributed by atoms with van der Waals surface area (Å²) in [4.78, 5) is 16.2. The van der Waals surface area contributed by atoms with Crippen molar-refractivity contribution in [2.24, 2.45) is 11.7 Å². The second kappa shape index (κ2) is 7.12. The predicted molar refractivity (Wildman–Crippen MR) is 86.2 cm³/mol.